The largest absolute Gasteiger partial charge is 0.377 e. The van der Waals surface area contributed by atoms with Gasteiger partial charge in [0.25, 0.3) is 0 Å². The summed E-state index contributed by atoms with van der Waals surface area (Å²) in [6.45, 7) is 2.46. The van der Waals surface area contributed by atoms with Crippen molar-refractivity contribution in [1.82, 2.24) is 15.8 Å². The van der Waals surface area contributed by atoms with Gasteiger partial charge in [0.2, 0.25) is 0 Å². The van der Waals surface area contributed by atoms with Crippen LogP contribution in [-0.2, 0) is 0 Å². The molecule has 1 heterocycles. The van der Waals surface area contributed by atoms with E-state index in [9.17, 15) is 0 Å². The molecule has 0 saturated carbocycles. The Morgan fingerprint density at radius 3 is 3.00 bits per heavy atom. The summed E-state index contributed by atoms with van der Waals surface area (Å²) in [7, 11) is 1.86. The predicted octanol–water partition coefficient (Wildman–Crippen LogP) is -1.66. The Morgan fingerprint density at radius 2 is 2.56 bits per heavy atom. The zero-order chi connectivity index (χ0) is 6.69. The SMILES string of the molecule is CNN1CCNC(O)C1. The van der Waals surface area contributed by atoms with Gasteiger partial charge in [0, 0.05) is 13.1 Å². The van der Waals surface area contributed by atoms with Crippen LogP contribution in [0.3, 0.4) is 0 Å². The fraction of sp³-hybridized carbons (Fsp3) is 1.00. The van der Waals surface area contributed by atoms with Crippen LogP contribution in [0.25, 0.3) is 0 Å². The first kappa shape index (κ1) is 6.95. The lowest BCUT2D eigenvalue weighted by Gasteiger charge is -2.29. The fourth-order valence-corrected chi connectivity index (χ4v) is 0.934. The minimum absolute atomic E-state index is 0.369. The van der Waals surface area contributed by atoms with E-state index in [4.69, 9.17) is 5.11 Å². The van der Waals surface area contributed by atoms with E-state index in [1.807, 2.05) is 12.1 Å². The normalized spacial score (nSPS) is 30.7. The van der Waals surface area contributed by atoms with Gasteiger partial charge in [-0.05, 0) is 7.05 Å². The lowest BCUT2D eigenvalue weighted by Crippen LogP contribution is -2.54. The molecule has 9 heavy (non-hydrogen) atoms. The molecule has 1 saturated heterocycles. The van der Waals surface area contributed by atoms with Gasteiger partial charge in [0.05, 0.1) is 6.54 Å². The number of aliphatic hydroxyl groups is 1. The zero-order valence-electron chi connectivity index (χ0n) is 5.59. The van der Waals surface area contributed by atoms with Gasteiger partial charge >= 0.3 is 0 Å². The van der Waals surface area contributed by atoms with Crippen molar-refractivity contribution in [2.24, 2.45) is 0 Å². The molecule has 1 rings (SSSR count). The second kappa shape index (κ2) is 3.12. The Balaban J connectivity index is 2.23. The van der Waals surface area contributed by atoms with Gasteiger partial charge in [0.15, 0.2) is 0 Å². The van der Waals surface area contributed by atoms with Crippen molar-refractivity contribution < 1.29 is 5.11 Å². The van der Waals surface area contributed by atoms with Gasteiger partial charge in [-0.2, -0.15) is 0 Å². The number of hydrogen-bond donors (Lipinski definition) is 3. The molecule has 54 valence electrons. The summed E-state index contributed by atoms with van der Waals surface area (Å²) in [5.74, 6) is 0. The third-order valence-corrected chi connectivity index (χ3v) is 1.47. The Labute approximate surface area is 54.8 Å². The van der Waals surface area contributed by atoms with Gasteiger partial charge in [-0.15, -0.1) is 0 Å². The molecule has 0 radical (unpaired) electrons. The maximum Gasteiger partial charge on any atom is 0.119 e. The minimum atomic E-state index is -0.369. The lowest BCUT2D eigenvalue weighted by atomic mass is 10.4. The smallest absolute Gasteiger partial charge is 0.119 e. The first-order chi connectivity index (χ1) is 4.33. The second-order valence-electron chi connectivity index (χ2n) is 2.14. The predicted molar refractivity (Wildman–Crippen MR) is 34.6 cm³/mol. The van der Waals surface area contributed by atoms with Crippen LogP contribution >= 0.6 is 0 Å². The molecule has 3 N–H and O–H groups in total. The van der Waals surface area contributed by atoms with Crippen LogP contribution in [-0.4, -0.2) is 43.0 Å². The Morgan fingerprint density at radius 1 is 1.78 bits per heavy atom. The van der Waals surface area contributed by atoms with Gasteiger partial charge in [-0.3, -0.25) is 10.7 Å². The molecule has 0 bridgehead atoms. The van der Waals surface area contributed by atoms with Crippen molar-refractivity contribution in [2.75, 3.05) is 26.7 Å². The molecule has 0 spiro atoms. The van der Waals surface area contributed by atoms with Gasteiger partial charge in [-0.1, -0.05) is 0 Å². The van der Waals surface area contributed by atoms with E-state index in [1.165, 1.54) is 0 Å². The molecule has 0 aliphatic carbocycles. The highest BCUT2D eigenvalue weighted by Crippen LogP contribution is 1.90. The van der Waals surface area contributed by atoms with E-state index >= 15 is 0 Å². The number of hydrogen-bond acceptors (Lipinski definition) is 4. The molecule has 4 heteroatoms. The summed E-state index contributed by atoms with van der Waals surface area (Å²) in [5.41, 5.74) is 2.97. The van der Waals surface area contributed by atoms with E-state index in [0.717, 1.165) is 13.1 Å². The van der Waals surface area contributed by atoms with Gasteiger partial charge in [0.1, 0.15) is 6.23 Å². The van der Waals surface area contributed by atoms with Crippen molar-refractivity contribution in [3.8, 4) is 0 Å². The molecule has 0 amide bonds. The quantitative estimate of drug-likeness (QED) is 0.399. The number of rotatable bonds is 1. The summed E-state index contributed by atoms with van der Waals surface area (Å²) >= 11 is 0. The number of hydrazine groups is 1. The second-order valence-corrected chi connectivity index (χ2v) is 2.14. The van der Waals surface area contributed by atoms with E-state index in [1.54, 1.807) is 0 Å². The molecular formula is C5H13N3O. The van der Waals surface area contributed by atoms with E-state index in [-0.39, 0.29) is 6.23 Å². The topological polar surface area (TPSA) is 47.5 Å². The molecule has 1 fully saturated rings. The summed E-state index contributed by atoms with van der Waals surface area (Å²) in [5, 5.41) is 13.9. The van der Waals surface area contributed by atoms with Crippen molar-refractivity contribution >= 4 is 0 Å². The number of nitrogens with zero attached hydrogens (tertiary/aromatic N) is 1. The number of β-amino-alcohol motifs (C(OH)–C–C–N with tert-alkyl or cyclic N) is 1. The Hall–Kier alpha value is -0.160. The highest BCUT2D eigenvalue weighted by Gasteiger charge is 2.14. The van der Waals surface area contributed by atoms with Crippen LogP contribution in [0.15, 0.2) is 0 Å². The maximum absolute atomic E-state index is 9.02. The Bertz CT molecular complexity index is 88.3. The molecule has 1 aliphatic rings. The van der Waals surface area contributed by atoms with E-state index < -0.39 is 0 Å². The average Bonchev–Trinajstić information content (AvgIpc) is 1.88. The zero-order valence-corrected chi connectivity index (χ0v) is 5.59. The summed E-state index contributed by atoms with van der Waals surface area (Å²) in [6, 6.07) is 0. The molecule has 1 atom stereocenters. The summed E-state index contributed by atoms with van der Waals surface area (Å²) < 4.78 is 0. The van der Waals surface area contributed by atoms with E-state index in [0.29, 0.717) is 6.54 Å². The third kappa shape index (κ3) is 1.91. The number of aliphatic hydroxyl groups excluding tert-OH is 1. The molecule has 1 unspecified atom stereocenters. The average molecular weight is 131 g/mol. The molecule has 0 aromatic heterocycles. The van der Waals surface area contributed by atoms with Crippen molar-refractivity contribution in [1.29, 1.82) is 0 Å². The number of piperazine rings is 1. The van der Waals surface area contributed by atoms with Gasteiger partial charge in [-0.25, -0.2) is 5.01 Å². The lowest BCUT2D eigenvalue weighted by molar-refractivity contribution is 0.0339. The van der Waals surface area contributed by atoms with Crippen LogP contribution in [0.4, 0.5) is 0 Å². The van der Waals surface area contributed by atoms with Crippen LogP contribution in [0.5, 0.6) is 0 Å². The Kier molecular flexibility index (Phi) is 2.41. The van der Waals surface area contributed by atoms with Crippen LogP contribution < -0.4 is 10.7 Å². The van der Waals surface area contributed by atoms with Crippen molar-refractivity contribution in [3.63, 3.8) is 0 Å². The van der Waals surface area contributed by atoms with Crippen molar-refractivity contribution in [2.45, 2.75) is 6.23 Å². The molecule has 1 aliphatic heterocycles. The van der Waals surface area contributed by atoms with Gasteiger partial charge < -0.3 is 5.11 Å². The molecule has 4 nitrogen and oxygen atoms in total. The summed E-state index contributed by atoms with van der Waals surface area (Å²) in [6.07, 6.45) is -0.369. The van der Waals surface area contributed by atoms with Crippen LogP contribution in [0.1, 0.15) is 0 Å². The minimum Gasteiger partial charge on any atom is -0.377 e. The highest BCUT2D eigenvalue weighted by molar-refractivity contribution is 4.66. The molecular weight excluding hydrogens is 118 g/mol. The monoisotopic (exact) mass is 131 g/mol. The maximum atomic E-state index is 9.02. The number of nitrogens with one attached hydrogen (secondary N) is 2. The van der Waals surface area contributed by atoms with Crippen LogP contribution in [0.2, 0.25) is 0 Å². The fourth-order valence-electron chi connectivity index (χ4n) is 0.934. The molecule has 0 aromatic rings. The first-order valence-corrected chi connectivity index (χ1v) is 3.16. The standard InChI is InChI=1S/C5H13N3O/c1-6-8-3-2-7-5(9)4-8/h5-7,9H,2-4H2,1H3. The summed E-state index contributed by atoms with van der Waals surface area (Å²) in [4.78, 5) is 0. The first-order valence-electron chi connectivity index (χ1n) is 3.16. The van der Waals surface area contributed by atoms with Crippen molar-refractivity contribution in [3.05, 3.63) is 0 Å². The molecule has 0 aromatic carbocycles. The highest BCUT2D eigenvalue weighted by atomic mass is 16.3. The third-order valence-electron chi connectivity index (χ3n) is 1.47. The van der Waals surface area contributed by atoms with Crippen LogP contribution in [0, 0.1) is 0 Å². The van der Waals surface area contributed by atoms with E-state index in [2.05, 4.69) is 10.7 Å².